The van der Waals surface area contributed by atoms with Crippen molar-refractivity contribution in [2.24, 2.45) is 0 Å². The first-order chi connectivity index (χ1) is 8.63. The Morgan fingerprint density at radius 1 is 1.33 bits per heavy atom. The topological polar surface area (TPSA) is 60.8 Å². The summed E-state index contributed by atoms with van der Waals surface area (Å²) in [6.07, 6.45) is 2.98. The average molecular weight is 270 g/mol. The summed E-state index contributed by atoms with van der Waals surface area (Å²) < 4.78 is 0. The molecule has 1 atom stereocenters. The van der Waals surface area contributed by atoms with Crippen LogP contribution < -0.4 is 0 Å². The van der Waals surface area contributed by atoms with Gasteiger partial charge in [-0.2, -0.15) is 0 Å². The zero-order chi connectivity index (χ0) is 13.1. The highest BCUT2D eigenvalue weighted by Crippen LogP contribution is 2.27. The van der Waals surface area contributed by atoms with E-state index in [9.17, 15) is 15.0 Å². The number of phenolic OH excluding ortho intramolecular Hbond substituents is 2. The molecular formula is C13H16ClNO3. The highest BCUT2D eigenvalue weighted by molar-refractivity contribution is 6.18. The lowest BCUT2D eigenvalue weighted by atomic mass is 10.0. The average Bonchev–Trinajstić information content (AvgIpc) is 2.41. The van der Waals surface area contributed by atoms with E-state index in [0.29, 0.717) is 18.0 Å². The normalized spacial score (nSPS) is 19.8. The Kier molecular flexibility index (Phi) is 3.97. The number of benzene rings is 1. The van der Waals surface area contributed by atoms with Crippen molar-refractivity contribution in [1.82, 2.24) is 4.90 Å². The molecule has 0 aliphatic carbocycles. The minimum Gasteiger partial charge on any atom is -0.504 e. The van der Waals surface area contributed by atoms with Gasteiger partial charge in [-0.15, -0.1) is 11.6 Å². The summed E-state index contributed by atoms with van der Waals surface area (Å²) in [5.74, 6) is -0.217. The quantitative estimate of drug-likeness (QED) is 0.640. The Hall–Kier alpha value is -1.42. The van der Waals surface area contributed by atoms with Crippen LogP contribution in [0.5, 0.6) is 11.5 Å². The van der Waals surface area contributed by atoms with E-state index >= 15 is 0 Å². The van der Waals surface area contributed by atoms with Crippen molar-refractivity contribution in [3.63, 3.8) is 0 Å². The zero-order valence-corrected chi connectivity index (χ0v) is 10.7. The number of phenols is 2. The van der Waals surface area contributed by atoms with Gasteiger partial charge in [-0.25, -0.2) is 0 Å². The molecule has 1 aliphatic rings. The lowest BCUT2D eigenvalue weighted by molar-refractivity contribution is 0.0638. The number of amides is 1. The maximum Gasteiger partial charge on any atom is 0.254 e. The number of hydrogen-bond acceptors (Lipinski definition) is 3. The highest BCUT2D eigenvalue weighted by atomic mass is 35.5. The first-order valence-electron chi connectivity index (χ1n) is 6.02. The van der Waals surface area contributed by atoms with Gasteiger partial charge in [0.2, 0.25) is 0 Å². The summed E-state index contributed by atoms with van der Waals surface area (Å²) in [5, 5.41) is 18.7. The fourth-order valence-corrected chi connectivity index (χ4v) is 2.57. The molecule has 1 aromatic rings. The summed E-state index contributed by atoms with van der Waals surface area (Å²) in [4.78, 5) is 14.1. The van der Waals surface area contributed by atoms with Crippen molar-refractivity contribution in [3.8, 4) is 11.5 Å². The van der Waals surface area contributed by atoms with Crippen LogP contribution in [0.25, 0.3) is 0 Å². The van der Waals surface area contributed by atoms with Crippen molar-refractivity contribution in [1.29, 1.82) is 0 Å². The number of carbonyl (C=O) groups excluding carboxylic acids is 1. The Balaban J connectivity index is 2.21. The Labute approximate surface area is 111 Å². The molecule has 1 saturated heterocycles. The number of aromatic hydroxyl groups is 2. The van der Waals surface area contributed by atoms with Gasteiger partial charge in [0.25, 0.3) is 5.91 Å². The van der Waals surface area contributed by atoms with Crippen LogP contribution >= 0.6 is 11.6 Å². The number of carbonyl (C=O) groups is 1. The summed E-state index contributed by atoms with van der Waals surface area (Å²) in [6, 6.07) is 4.18. The third kappa shape index (κ3) is 2.53. The van der Waals surface area contributed by atoms with E-state index in [0.717, 1.165) is 19.3 Å². The van der Waals surface area contributed by atoms with Crippen LogP contribution in [0.1, 0.15) is 29.6 Å². The number of likely N-dealkylation sites (tertiary alicyclic amines) is 1. The maximum absolute atomic E-state index is 12.3. The molecule has 2 N–H and O–H groups in total. The summed E-state index contributed by atoms with van der Waals surface area (Å²) in [6.45, 7) is 0.692. The second-order valence-corrected chi connectivity index (χ2v) is 4.81. The van der Waals surface area contributed by atoms with Crippen molar-refractivity contribution in [2.75, 3.05) is 12.4 Å². The Morgan fingerprint density at radius 2 is 2.11 bits per heavy atom. The fraction of sp³-hybridized carbons (Fsp3) is 0.462. The number of halogens is 1. The number of rotatable bonds is 2. The lowest BCUT2D eigenvalue weighted by Crippen LogP contribution is -2.44. The fourth-order valence-electron chi connectivity index (χ4n) is 2.25. The predicted octanol–water partition coefficient (Wildman–Crippen LogP) is 2.33. The van der Waals surface area contributed by atoms with Gasteiger partial charge in [-0.1, -0.05) is 0 Å². The minimum atomic E-state index is -0.278. The molecule has 4 nitrogen and oxygen atoms in total. The van der Waals surface area contributed by atoms with E-state index in [2.05, 4.69) is 0 Å². The minimum absolute atomic E-state index is 0.0591. The molecule has 1 unspecified atom stereocenters. The summed E-state index contributed by atoms with van der Waals surface area (Å²) in [7, 11) is 0. The van der Waals surface area contributed by atoms with Gasteiger partial charge in [0.05, 0.1) is 0 Å². The van der Waals surface area contributed by atoms with Crippen LogP contribution in [0.3, 0.4) is 0 Å². The standard InChI is InChI=1S/C13H16ClNO3/c14-8-10-3-1-2-6-15(10)13(18)9-4-5-11(16)12(17)7-9/h4-5,7,10,16-17H,1-3,6,8H2. The van der Waals surface area contributed by atoms with E-state index in [1.54, 1.807) is 4.90 Å². The molecule has 0 spiro atoms. The molecule has 1 aromatic carbocycles. The van der Waals surface area contributed by atoms with Gasteiger partial charge >= 0.3 is 0 Å². The molecule has 18 heavy (non-hydrogen) atoms. The van der Waals surface area contributed by atoms with Crippen molar-refractivity contribution in [2.45, 2.75) is 25.3 Å². The monoisotopic (exact) mass is 269 g/mol. The summed E-state index contributed by atoms with van der Waals surface area (Å²) >= 11 is 5.88. The van der Waals surface area contributed by atoms with Crippen molar-refractivity contribution in [3.05, 3.63) is 23.8 Å². The van der Waals surface area contributed by atoms with Crippen LogP contribution in [0.4, 0.5) is 0 Å². The molecule has 5 heteroatoms. The van der Waals surface area contributed by atoms with Crippen LogP contribution in [-0.4, -0.2) is 39.5 Å². The highest BCUT2D eigenvalue weighted by Gasteiger charge is 2.27. The van der Waals surface area contributed by atoms with Gasteiger partial charge in [-0.3, -0.25) is 4.79 Å². The molecule has 1 fully saturated rings. The lowest BCUT2D eigenvalue weighted by Gasteiger charge is -2.34. The van der Waals surface area contributed by atoms with Gasteiger partial charge in [0, 0.05) is 24.0 Å². The molecule has 0 radical (unpaired) electrons. The van der Waals surface area contributed by atoms with E-state index in [-0.39, 0.29) is 23.4 Å². The second kappa shape index (κ2) is 5.48. The summed E-state index contributed by atoms with van der Waals surface area (Å²) in [5.41, 5.74) is 0.377. The third-order valence-corrected chi connectivity index (χ3v) is 3.64. The third-order valence-electron chi connectivity index (χ3n) is 3.29. The molecule has 2 rings (SSSR count). The first-order valence-corrected chi connectivity index (χ1v) is 6.56. The molecule has 1 amide bonds. The maximum atomic E-state index is 12.3. The van der Waals surface area contributed by atoms with Crippen LogP contribution in [0.2, 0.25) is 0 Å². The molecule has 98 valence electrons. The Bertz CT molecular complexity index is 450. The zero-order valence-electron chi connectivity index (χ0n) is 9.97. The van der Waals surface area contributed by atoms with Crippen LogP contribution in [0, 0.1) is 0 Å². The number of piperidine rings is 1. The van der Waals surface area contributed by atoms with Gasteiger partial charge in [0.1, 0.15) is 0 Å². The van der Waals surface area contributed by atoms with Gasteiger partial charge < -0.3 is 15.1 Å². The molecule has 0 bridgehead atoms. The van der Waals surface area contributed by atoms with Crippen molar-refractivity contribution >= 4 is 17.5 Å². The first kappa shape index (κ1) is 13.0. The van der Waals surface area contributed by atoms with Crippen LogP contribution in [0.15, 0.2) is 18.2 Å². The van der Waals surface area contributed by atoms with E-state index < -0.39 is 0 Å². The van der Waals surface area contributed by atoms with E-state index in [4.69, 9.17) is 11.6 Å². The van der Waals surface area contributed by atoms with Crippen LogP contribution in [-0.2, 0) is 0 Å². The van der Waals surface area contributed by atoms with E-state index in [1.165, 1.54) is 18.2 Å². The molecule has 1 aliphatic heterocycles. The Morgan fingerprint density at radius 3 is 2.78 bits per heavy atom. The largest absolute Gasteiger partial charge is 0.504 e. The molecule has 1 heterocycles. The van der Waals surface area contributed by atoms with Gasteiger partial charge in [-0.05, 0) is 37.5 Å². The van der Waals surface area contributed by atoms with Crippen molar-refractivity contribution < 1.29 is 15.0 Å². The number of hydrogen-bond donors (Lipinski definition) is 2. The molecular weight excluding hydrogens is 254 g/mol. The van der Waals surface area contributed by atoms with E-state index in [1.807, 2.05) is 0 Å². The number of nitrogens with zero attached hydrogens (tertiary/aromatic N) is 1. The number of alkyl halides is 1. The SMILES string of the molecule is O=C(c1ccc(O)c(O)c1)N1CCCCC1CCl. The molecule has 0 aromatic heterocycles. The predicted molar refractivity (Wildman–Crippen MR) is 69.2 cm³/mol. The smallest absolute Gasteiger partial charge is 0.254 e. The van der Waals surface area contributed by atoms with Gasteiger partial charge in [0.15, 0.2) is 11.5 Å². The molecule has 0 saturated carbocycles. The second-order valence-electron chi connectivity index (χ2n) is 4.51.